The number of ether oxygens (including phenoxy) is 1. The normalized spacial score (nSPS) is 15.6. The topological polar surface area (TPSA) is 34.1 Å². The van der Waals surface area contributed by atoms with Gasteiger partial charge >= 0.3 is 0 Å². The summed E-state index contributed by atoms with van der Waals surface area (Å²) in [5.41, 5.74) is 1.09. The van der Waals surface area contributed by atoms with E-state index in [-0.39, 0.29) is 0 Å². The van der Waals surface area contributed by atoms with Crippen LogP contribution in [0.5, 0.6) is 5.75 Å². The van der Waals surface area contributed by atoms with Gasteiger partial charge in [-0.2, -0.15) is 0 Å². The maximum absolute atomic E-state index is 5.11. The summed E-state index contributed by atoms with van der Waals surface area (Å²) in [6, 6.07) is 2.78. The molecule has 1 aliphatic carbocycles. The van der Waals surface area contributed by atoms with Gasteiger partial charge in [0.15, 0.2) is 0 Å². The third kappa shape index (κ3) is 3.66. The average Bonchev–Trinajstić information content (AvgIpc) is 3.13. The molecular formula is C13H18N2O. The number of hydrogen-bond acceptors (Lipinski definition) is 3. The van der Waals surface area contributed by atoms with E-state index < -0.39 is 0 Å². The zero-order valence-electron chi connectivity index (χ0n) is 9.65. The molecule has 16 heavy (non-hydrogen) atoms. The van der Waals surface area contributed by atoms with E-state index in [0.29, 0.717) is 0 Å². The molecule has 0 spiro atoms. The van der Waals surface area contributed by atoms with Crippen molar-refractivity contribution in [3.63, 3.8) is 0 Å². The standard InChI is InChI=1S/C13H18N2O/c1-16-13-8-11(9-14-10-13)4-2-3-7-15-12-5-6-12/h2,4,8-10,12,15H,3,5-7H2,1H3/b4-2+. The quantitative estimate of drug-likeness (QED) is 0.744. The van der Waals surface area contributed by atoms with E-state index >= 15 is 0 Å². The largest absolute Gasteiger partial charge is 0.495 e. The molecule has 0 saturated heterocycles. The second-order valence-corrected chi connectivity index (χ2v) is 4.08. The fourth-order valence-corrected chi connectivity index (χ4v) is 1.52. The molecule has 1 N–H and O–H groups in total. The molecule has 1 heterocycles. The van der Waals surface area contributed by atoms with Crippen molar-refractivity contribution < 1.29 is 4.74 Å². The van der Waals surface area contributed by atoms with Crippen LogP contribution in [0.15, 0.2) is 24.5 Å². The van der Waals surface area contributed by atoms with Gasteiger partial charge in [0.25, 0.3) is 0 Å². The average molecular weight is 218 g/mol. The summed E-state index contributed by atoms with van der Waals surface area (Å²) >= 11 is 0. The first kappa shape index (κ1) is 11.1. The van der Waals surface area contributed by atoms with Crippen molar-refractivity contribution in [3.8, 4) is 5.75 Å². The van der Waals surface area contributed by atoms with Gasteiger partial charge in [-0.25, -0.2) is 0 Å². The molecule has 0 aliphatic heterocycles. The number of aromatic nitrogens is 1. The molecule has 0 bridgehead atoms. The molecule has 1 aromatic rings. The summed E-state index contributed by atoms with van der Waals surface area (Å²) in [6.07, 6.45) is 11.6. The number of methoxy groups -OCH3 is 1. The van der Waals surface area contributed by atoms with Crippen LogP contribution >= 0.6 is 0 Å². The highest BCUT2D eigenvalue weighted by atomic mass is 16.5. The van der Waals surface area contributed by atoms with Crippen LogP contribution in [-0.4, -0.2) is 24.7 Å². The van der Waals surface area contributed by atoms with Gasteiger partial charge in [0.1, 0.15) is 5.75 Å². The minimum Gasteiger partial charge on any atom is -0.495 e. The summed E-state index contributed by atoms with van der Waals surface area (Å²) < 4.78 is 5.11. The van der Waals surface area contributed by atoms with Gasteiger partial charge in [-0.05, 0) is 37.4 Å². The molecular weight excluding hydrogens is 200 g/mol. The molecule has 0 unspecified atom stereocenters. The predicted octanol–water partition coefficient (Wildman–Crippen LogP) is 2.25. The molecule has 3 heteroatoms. The Balaban J connectivity index is 1.75. The lowest BCUT2D eigenvalue weighted by molar-refractivity contribution is 0.413. The van der Waals surface area contributed by atoms with Crippen LogP contribution in [0.4, 0.5) is 0 Å². The van der Waals surface area contributed by atoms with E-state index in [2.05, 4.69) is 22.5 Å². The maximum atomic E-state index is 5.11. The predicted molar refractivity (Wildman–Crippen MR) is 65.5 cm³/mol. The van der Waals surface area contributed by atoms with E-state index in [1.807, 2.05) is 12.3 Å². The Bertz CT molecular complexity index is 359. The van der Waals surface area contributed by atoms with Gasteiger partial charge < -0.3 is 10.1 Å². The van der Waals surface area contributed by atoms with Crippen LogP contribution in [0.25, 0.3) is 6.08 Å². The fourth-order valence-electron chi connectivity index (χ4n) is 1.52. The van der Waals surface area contributed by atoms with Crippen LogP contribution in [0, 0.1) is 0 Å². The van der Waals surface area contributed by atoms with Gasteiger partial charge in [0.05, 0.1) is 13.3 Å². The van der Waals surface area contributed by atoms with Gasteiger partial charge in [-0.3, -0.25) is 4.98 Å². The van der Waals surface area contributed by atoms with Crippen molar-refractivity contribution in [1.29, 1.82) is 0 Å². The lowest BCUT2D eigenvalue weighted by atomic mass is 10.2. The third-order valence-electron chi connectivity index (χ3n) is 2.60. The Morgan fingerprint density at radius 3 is 3.12 bits per heavy atom. The number of nitrogens with zero attached hydrogens (tertiary/aromatic N) is 1. The minimum absolute atomic E-state index is 0.798. The molecule has 1 aromatic heterocycles. The highest BCUT2D eigenvalue weighted by Gasteiger charge is 2.19. The molecule has 1 fully saturated rings. The van der Waals surface area contributed by atoms with E-state index in [0.717, 1.165) is 30.3 Å². The van der Waals surface area contributed by atoms with Crippen molar-refractivity contribution in [2.24, 2.45) is 0 Å². The number of hydrogen-bond donors (Lipinski definition) is 1. The first-order chi connectivity index (χ1) is 7.88. The van der Waals surface area contributed by atoms with Crippen LogP contribution in [0.3, 0.4) is 0 Å². The van der Waals surface area contributed by atoms with E-state index in [4.69, 9.17) is 4.74 Å². The molecule has 0 radical (unpaired) electrons. The molecule has 0 atom stereocenters. The van der Waals surface area contributed by atoms with Gasteiger partial charge in [-0.1, -0.05) is 12.2 Å². The Morgan fingerprint density at radius 1 is 1.50 bits per heavy atom. The molecule has 0 aromatic carbocycles. The highest BCUT2D eigenvalue weighted by molar-refractivity contribution is 5.49. The van der Waals surface area contributed by atoms with Crippen LogP contribution in [-0.2, 0) is 0 Å². The third-order valence-corrected chi connectivity index (χ3v) is 2.60. The Kier molecular flexibility index (Phi) is 3.94. The summed E-state index contributed by atoms with van der Waals surface area (Å²) in [4.78, 5) is 4.10. The van der Waals surface area contributed by atoms with Crippen molar-refractivity contribution in [1.82, 2.24) is 10.3 Å². The molecule has 86 valence electrons. The molecule has 0 amide bonds. The van der Waals surface area contributed by atoms with Crippen molar-refractivity contribution in [2.75, 3.05) is 13.7 Å². The summed E-state index contributed by atoms with van der Waals surface area (Å²) in [5, 5.41) is 3.47. The summed E-state index contributed by atoms with van der Waals surface area (Å²) in [5.74, 6) is 0.804. The Hall–Kier alpha value is -1.35. The maximum Gasteiger partial charge on any atom is 0.137 e. The molecule has 1 saturated carbocycles. The zero-order chi connectivity index (χ0) is 11.2. The Labute approximate surface area is 96.5 Å². The second-order valence-electron chi connectivity index (χ2n) is 4.08. The van der Waals surface area contributed by atoms with Crippen LogP contribution in [0.1, 0.15) is 24.8 Å². The summed E-state index contributed by atoms with van der Waals surface area (Å²) in [7, 11) is 1.66. The van der Waals surface area contributed by atoms with E-state index in [9.17, 15) is 0 Å². The second kappa shape index (κ2) is 5.66. The molecule has 3 nitrogen and oxygen atoms in total. The van der Waals surface area contributed by atoms with Crippen LogP contribution < -0.4 is 10.1 Å². The first-order valence-corrected chi connectivity index (χ1v) is 5.77. The monoisotopic (exact) mass is 218 g/mol. The summed E-state index contributed by atoms with van der Waals surface area (Å²) in [6.45, 7) is 1.07. The molecule has 2 rings (SSSR count). The van der Waals surface area contributed by atoms with Gasteiger partial charge in [0, 0.05) is 12.2 Å². The highest BCUT2D eigenvalue weighted by Crippen LogP contribution is 2.18. The zero-order valence-corrected chi connectivity index (χ0v) is 9.65. The lowest BCUT2D eigenvalue weighted by Crippen LogP contribution is -2.16. The van der Waals surface area contributed by atoms with Crippen molar-refractivity contribution in [2.45, 2.75) is 25.3 Å². The fraction of sp³-hybridized carbons (Fsp3) is 0.462. The molecule has 1 aliphatic rings. The number of pyridine rings is 1. The lowest BCUT2D eigenvalue weighted by Gasteiger charge is -2.00. The minimum atomic E-state index is 0.798. The Morgan fingerprint density at radius 2 is 2.38 bits per heavy atom. The SMILES string of the molecule is COc1cncc(/C=C/CCNC2CC2)c1. The van der Waals surface area contributed by atoms with Gasteiger partial charge in [-0.15, -0.1) is 0 Å². The first-order valence-electron chi connectivity index (χ1n) is 5.77. The van der Waals surface area contributed by atoms with E-state index in [1.165, 1.54) is 12.8 Å². The van der Waals surface area contributed by atoms with Crippen LogP contribution in [0.2, 0.25) is 0 Å². The van der Waals surface area contributed by atoms with Crippen molar-refractivity contribution in [3.05, 3.63) is 30.1 Å². The van der Waals surface area contributed by atoms with Crippen molar-refractivity contribution >= 4 is 6.08 Å². The number of rotatable bonds is 6. The van der Waals surface area contributed by atoms with Gasteiger partial charge in [0.2, 0.25) is 0 Å². The smallest absolute Gasteiger partial charge is 0.137 e. The van der Waals surface area contributed by atoms with E-state index in [1.54, 1.807) is 13.3 Å². The number of nitrogens with one attached hydrogen (secondary N) is 1.